The number of halogens is 3. The molecule has 1 aliphatic rings. The van der Waals surface area contributed by atoms with E-state index in [2.05, 4.69) is 15.5 Å². The molecule has 0 spiro atoms. The van der Waals surface area contributed by atoms with Gasteiger partial charge in [0.05, 0.1) is 11.3 Å². The first-order valence-electron chi connectivity index (χ1n) is 6.02. The number of benzene rings is 1. The quantitative estimate of drug-likeness (QED) is 0.890. The van der Waals surface area contributed by atoms with Crippen molar-refractivity contribution in [2.45, 2.75) is 25.1 Å². The van der Waals surface area contributed by atoms with Crippen molar-refractivity contribution in [3.63, 3.8) is 0 Å². The van der Waals surface area contributed by atoms with E-state index < -0.39 is 11.7 Å². The summed E-state index contributed by atoms with van der Waals surface area (Å²) >= 11 is 0. The summed E-state index contributed by atoms with van der Waals surface area (Å²) in [5.74, 6) is 0.676. The summed E-state index contributed by atoms with van der Waals surface area (Å²) in [6.07, 6.45) is -2.09. The van der Waals surface area contributed by atoms with Crippen molar-refractivity contribution in [2.24, 2.45) is 0 Å². The van der Waals surface area contributed by atoms with Gasteiger partial charge in [0.1, 0.15) is 5.82 Å². The number of H-pyrrole nitrogens is 1. The minimum Gasteiger partial charge on any atom is -0.366 e. The van der Waals surface area contributed by atoms with Crippen molar-refractivity contribution in [3.05, 3.63) is 35.9 Å². The molecule has 0 radical (unpaired) electrons. The van der Waals surface area contributed by atoms with E-state index in [9.17, 15) is 13.2 Å². The molecule has 1 aliphatic carbocycles. The summed E-state index contributed by atoms with van der Waals surface area (Å²) in [6, 6.07) is 7.39. The maximum absolute atomic E-state index is 12.6. The van der Waals surface area contributed by atoms with Crippen LogP contribution in [0.15, 0.2) is 30.3 Å². The summed E-state index contributed by atoms with van der Waals surface area (Å²) in [6.45, 7) is 0. The Morgan fingerprint density at radius 2 is 2.00 bits per heavy atom. The molecule has 100 valence electrons. The van der Waals surface area contributed by atoms with Crippen LogP contribution in [0, 0.1) is 0 Å². The third kappa shape index (κ3) is 2.72. The second-order valence-corrected chi connectivity index (χ2v) is 4.66. The van der Waals surface area contributed by atoms with Gasteiger partial charge < -0.3 is 5.32 Å². The molecule has 1 heterocycles. The number of alkyl halides is 3. The van der Waals surface area contributed by atoms with Gasteiger partial charge in [-0.15, -0.1) is 0 Å². The summed E-state index contributed by atoms with van der Waals surface area (Å²) in [4.78, 5) is 0. The van der Waals surface area contributed by atoms with Gasteiger partial charge in [0.2, 0.25) is 0 Å². The van der Waals surface area contributed by atoms with Crippen LogP contribution in [0.1, 0.15) is 18.4 Å². The van der Waals surface area contributed by atoms with Gasteiger partial charge in [0.15, 0.2) is 0 Å². The lowest BCUT2D eigenvalue weighted by Gasteiger charge is -2.07. The van der Waals surface area contributed by atoms with Gasteiger partial charge in [0.25, 0.3) is 0 Å². The highest BCUT2D eigenvalue weighted by atomic mass is 19.4. The zero-order valence-corrected chi connectivity index (χ0v) is 9.96. The number of aromatic amines is 1. The van der Waals surface area contributed by atoms with Gasteiger partial charge in [0, 0.05) is 17.7 Å². The van der Waals surface area contributed by atoms with E-state index in [4.69, 9.17) is 0 Å². The van der Waals surface area contributed by atoms with Gasteiger partial charge in [-0.1, -0.05) is 12.1 Å². The molecule has 1 aromatic carbocycles. The molecule has 2 aromatic rings. The molecule has 1 saturated carbocycles. The van der Waals surface area contributed by atoms with Crippen molar-refractivity contribution >= 4 is 5.82 Å². The molecule has 2 N–H and O–H groups in total. The Kier molecular flexibility index (Phi) is 2.73. The molecule has 0 unspecified atom stereocenters. The smallest absolute Gasteiger partial charge is 0.366 e. The molecular weight excluding hydrogens is 255 g/mol. The highest BCUT2D eigenvalue weighted by molar-refractivity contribution is 5.63. The normalized spacial score (nSPS) is 15.5. The van der Waals surface area contributed by atoms with Crippen LogP contribution in [0.4, 0.5) is 19.0 Å². The highest BCUT2D eigenvalue weighted by Crippen LogP contribution is 2.32. The van der Waals surface area contributed by atoms with Crippen LogP contribution in [-0.4, -0.2) is 16.2 Å². The predicted molar refractivity (Wildman–Crippen MR) is 65.7 cm³/mol. The van der Waals surface area contributed by atoms with Crippen LogP contribution >= 0.6 is 0 Å². The van der Waals surface area contributed by atoms with Crippen molar-refractivity contribution in [3.8, 4) is 11.3 Å². The van der Waals surface area contributed by atoms with E-state index in [1.165, 1.54) is 6.07 Å². The first-order chi connectivity index (χ1) is 9.02. The van der Waals surface area contributed by atoms with Crippen molar-refractivity contribution in [1.29, 1.82) is 0 Å². The molecule has 0 saturated heterocycles. The number of hydrogen-bond donors (Lipinski definition) is 2. The molecular formula is C13H12F3N3. The molecule has 0 atom stereocenters. The fourth-order valence-electron chi connectivity index (χ4n) is 1.84. The van der Waals surface area contributed by atoms with Gasteiger partial charge in [-0.25, -0.2) is 0 Å². The van der Waals surface area contributed by atoms with Crippen LogP contribution in [0.5, 0.6) is 0 Å². The summed E-state index contributed by atoms with van der Waals surface area (Å²) in [5, 5.41) is 9.99. The first-order valence-corrected chi connectivity index (χ1v) is 6.02. The van der Waals surface area contributed by atoms with E-state index in [0.29, 0.717) is 23.1 Å². The first kappa shape index (κ1) is 12.1. The number of aromatic nitrogens is 2. The fourth-order valence-corrected chi connectivity index (χ4v) is 1.84. The third-order valence-electron chi connectivity index (χ3n) is 3.01. The largest absolute Gasteiger partial charge is 0.416 e. The molecule has 6 heteroatoms. The number of rotatable bonds is 3. The average Bonchev–Trinajstić information content (AvgIpc) is 3.04. The van der Waals surface area contributed by atoms with E-state index in [-0.39, 0.29) is 0 Å². The van der Waals surface area contributed by atoms with Crippen LogP contribution in [0.25, 0.3) is 11.3 Å². The zero-order valence-electron chi connectivity index (χ0n) is 9.96. The van der Waals surface area contributed by atoms with Crippen LogP contribution in [-0.2, 0) is 6.18 Å². The number of anilines is 1. The van der Waals surface area contributed by atoms with Crippen LogP contribution in [0.3, 0.4) is 0 Å². The molecule has 19 heavy (non-hydrogen) atoms. The topological polar surface area (TPSA) is 40.7 Å². The highest BCUT2D eigenvalue weighted by Gasteiger charge is 2.30. The summed E-state index contributed by atoms with van der Waals surface area (Å²) < 4.78 is 37.9. The van der Waals surface area contributed by atoms with Crippen molar-refractivity contribution < 1.29 is 13.2 Å². The van der Waals surface area contributed by atoms with Crippen LogP contribution in [0.2, 0.25) is 0 Å². The van der Waals surface area contributed by atoms with Gasteiger partial charge >= 0.3 is 6.18 Å². The van der Waals surface area contributed by atoms with Crippen molar-refractivity contribution in [2.75, 3.05) is 5.32 Å². The predicted octanol–water partition coefficient (Wildman–Crippen LogP) is 3.67. The van der Waals surface area contributed by atoms with Gasteiger partial charge in [-0.2, -0.15) is 18.3 Å². The Labute approximate surface area is 107 Å². The Balaban J connectivity index is 1.86. The van der Waals surface area contributed by atoms with E-state index >= 15 is 0 Å². The molecule has 1 aromatic heterocycles. The molecule has 3 rings (SSSR count). The molecule has 0 bridgehead atoms. The maximum Gasteiger partial charge on any atom is 0.416 e. The summed E-state index contributed by atoms with van der Waals surface area (Å²) in [5.41, 5.74) is 0.400. The minimum atomic E-state index is -4.33. The van der Waals surface area contributed by atoms with Crippen molar-refractivity contribution in [1.82, 2.24) is 10.2 Å². The number of nitrogens with one attached hydrogen (secondary N) is 2. The lowest BCUT2D eigenvalue weighted by molar-refractivity contribution is -0.137. The fraction of sp³-hybridized carbons (Fsp3) is 0.308. The standard InChI is InChI=1S/C13H12F3N3/c14-13(15,16)9-3-1-2-8(6-9)11-7-12(19-18-11)17-10-4-5-10/h1-3,6-7,10H,4-5H2,(H2,17,18,19). The zero-order chi connectivity index (χ0) is 13.5. The second-order valence-electron chi connectivity index (χ2n) is 4.66. The Hall–Kier alpha value is -1.98. The minimum absolute atomic E-state index is 0.456. The van der Waals surface area contributed by atoms with E-state index in [0.717, 1.165) is 25.0 Å². The number of hydrogen-bond acceptors (Lipinski definition) is 2. The maximum atomic E-state index is 12.6. The number of nitrogens with zero attached hydrogens (tertiary/aromatic N) is 1. The van der Waals surface area contributed by atoms with Crippen LogP contribution < -0.4 is 5.32 Å². The Morgan fingerprint density at radius 3 is 2.68 bits per heavy atom. The average molecular weight is 267 g/mol. The monoisotopic (exact) mass is 267 g/mol. The van der Waals surface area contributed by atoms with E-state index in [1.54, 1.807) is 12.1 Å². The van der Waals surface area contributed by atoms with Gasteiger partial charge in [-0.3, -0.25) is 5.10 Å². The van der Waals surface area contributed by atoms with Gasteiger partial charge in [-0.05, 0) is 25.0 Å². The SMILES string of the molecule is FC(F)(F)c1cccc(-c2cc(NC3CC3)n[nH]2)c1. The lowest BCUT2D eigenvalue weighted by Crippen LogP contribution is -2.04. The summed E-state index contributed by atoms with van der Waals surface area (Å²) in [7, 11) is 0. The molecule has 1 fully saturated rings. The molecule has 0 aliphatic heterocycles. The Morgan fingerprint density at radius 1 is 1.21 bits per heavy atom. The Bertz CT molecular complexity index is 585. The second kappa shape index (κ2) is 4.29. The molecule has 0 amide bonds. The third-order valence-corrected chi connectivity index (χ3v) is 3.01. The van der Waals surface area contributed by atoms with E-state index in [1.807, 2.05) is 0 Å². The lowest BCUT2D eigenvalue weighted by atomic mass is 10.1. The molecule has 3 nitrogen and oxygen atoms in total.